The molecule has 0 aromatic carbocycles. The second-order valence-electron chi connectivity index (χ2n) is 6.59. The van der Waals surface area contributed by atoms with E-state index in [4.69, 9.17) is 49.1 Å². The van der Waals surface area contributed by atoms with Gasteiger partial charge in [0.1, 0.15) is 24.2 Å². The van der Waals surface area contributed by atoms with E-state index in [-0.39, 0.29) is 17.4 Å². The fourth-order valence-electron chi connectivity index (χ4n) is 1.07. The summed E-state index contributed by atoms with van der Waals surface area (Å²) in [7, 11) is 0. The number of aliphatic carboxylic acids is 4. The molecule has 0 rings (SSSR count). The van der Waals surface area contributed by atoms with Crippen molar-refractivity contribution in [3.05, 3.63) is 0 Å². The van der Waals surface area contributed by atoms with Gasteiger partial charge in [0, 0.05) is 11.5 Å². The standard InChI is InChI=1S/C6H14N2O2.C5H11NO2.2C3H7NO2S/c7-4-2-1-3-5(8)6(9)10;1-3(2)4(6)5(7)8;2*4-2(1-7)3(5)6/h5H,1-4,7-8H2,(H,9,10);3-4H,6H2,1-2H3,(H,7,8);2*2,7H,1,4H2,(H,5,6). The molecular weight excluding hydrogens is 466 g/mol. The Morgan fingerprint density at radius 1 is 0.688 bits per heavy atom. The molecule has 0 aliphatic carbocycles. The SMILES string of the molecule is CC(C)C(N)C(=O)O.NC(CS)C(=O)O.NC(CS)C(=O)O.NCCCCC(N)C(=O)O. The molecule has 0 radical (unpaired) electrons. The van der Waals surface area contributed by atoms with Gasteiger partial charge in [0.25, 0.3) is 0 Å². The first-order valence-electron chi connectivity index (χ1n) is 9.45. The predicted molar refractivity (Wildman–Crippen MR) is 128 cm³/mol. The highest BCUT2D eigenvalue weighted by Crippen LogP contribution is 1.97. The van der Waals surface area contributed by atoms with Crippen LogP contribution in [-0.2, 0) is 19.2 Å². The first-order valence-corrected chi connectivity index (χ1v) is 10.7. The largest absolute Gasteiger partial charge is 0.480 e. The smallest absolute Gasteiger partial charge is 0.321 e. The number of unbranched alkanes of at least 4 members (excludes halogenated alkanes) is 1. The molecule has 0 saturated heterocycles. The second kappa shape index (κ2) is 24.0. The summed E-state index contributed by atoms with van der Waals surface area (Å²) in [4.78, 5) is 39.7. The zero-order valence-electron chi connectivity index (χ0n) is 18.3. The van der Waals surface area contributed by atoms with Gasteiger partial charge in [-0.1, -0.05) is 20.3 Å². The van der Waals surface area contributed by atoms with Crippen LogP contribution in [0.15, 0.2) is 0 Å². The van der Waals surface area contributed by atoms with Crippen molar-refractivity contribution >= 4 is 49.1 Å². The summed E-state index contributed by atoms with van der Waals surface area (Å²) >= 11 is 7.30. The molecule has 0 aliphatic heterocycles. The van der Waals surface area contributed by atoms with Crippen LogP contribution in [-0.4, -0.2) is 86.5 Å². The molecule has 14 N–H and O–H groups in total. The van der Waals surface area contributed by atoms with Gasteiger partial charge in [0.05, 0.1) is 0 Å². The lowest BCUT2D eigenvalue weighted by Crippen LogP contribution is -2.34. The molecule has 0 aliphatic rings. The molecule has 192 valence electrons. The van der Waals surface area contributed by atoms with Crippen molar-refractivity contribution in [1.29, 1.82) is 0 Å². The second-order valence-corrected chi connectivity index (χ2v) is 7.32. The minimum atomic E-state index is -1.00. The van der Waals surface area contributed by atoms with Crippen molar-refractivity contribution in [3.63, 3.8) is 0 Å². The number of carbonyl (C=O) groups is 4. The van der Waals surface area contributed by atoms with E-state index in [0.717, 1.165) is 12.8 Å². The van der Waals surface area contributed by atoms with Crippen LogP contribution in [0.5, 0.6) is 0 Å². The van der Waals surface area contributed by atoms with Crippen molar-refractivity contribution in [2.45, 2.75) is 57.3 Å². The molecule has 0 aromatic rings. The highest BCUT2D eigenvalue weighted by atomic mass is 32.1. The molecule has 0 saturated carbocycles. The van der Waals surface area contributed by atoms with Gasteiger partial charge < -0.3 is 49.1 Å². The van der Waals surface area contributed by atoms with E-state index in [2.05, 4.69) is 25.3 Å². The van der Waals surface area contributed by atoms with Crippen molar-refractivity contribution in [2.24, 2.45) is 34.6 Å². The van der Waals surface area contributed by atoms with Crippen LogP contribution in [0.2, 0.25) is 0 Å². The van der Waals surface area contributed by atoms with Gasteiger partial charge in [-0.15, -0.1) is 0 Å². The van der Waals surface area contributed by atoms with Gasteiger partial charge in [0.15, 0.2) is 0 Å². The molecule has 13 nitrogen and oxygen atoms in total. The fourth-order valence-corrected chi connectivity index (χ4v) is 1.39. The number of carboxylic acid groups (broad SMARTS) is 4. The van der Waals surface area contributed by atoms with Crippen molar-refractivity contribution in [1.82, 2.24) is 0 Å². The summed E-state index contributed by atoms with van der Waals surface area (Å²) in [6.45, 7) is 4.16. The summed E-state index contributed by atoms with van der Waals surface area (Å²) in [6.07, 6.45) is 2.16. The maximum Gasteiger partial charge on any atom is 0.321 e. The molecule has 0 amide bonds. The van der Waals surface area contributed by atoms with Gasteiger partial charge in [-0.05, 0) is 25.3 Å². The Morgan fingerprint density at radius 3 is 1.16 bits per heavy atom. The van der Waals surface area contributed by atoms with Crippen LogP contribution in [0.3, 0.4) is 0 Å². The fraction of sp³-hybridized carbons (Fsp3) is 0.765. The Balaban J connectivity index is -0.000000165. The summed E-state index contributed by atoms with van der Waals surface area (Å²) in [6, 6.07) is -3.06. The first kappa shape index (κ1) is 37.7. The number of hydrogen-bond donors (Lipinski definition) is 11. The zero-order chi connectivity index (χ0) is 26.4. The molecule has 0 heterocycles. The quantitative estimate of drug-likeness (QED) is 0.110. The van der Waals surface area contributed by atoms with Crippen molar-refractivity contribution in [3.8, 4) is 0 Å². The molecule has 4 atom stereocenters. The van der Waals surface area contributed by atoms with Crippen molar-refractivity contribution in [2.75, 3.05) is 18.1 Å². The van der Waals surface area contributed by atoms with Crippen LogP contribution in [0.1, 0.15) is 33.1 Å². The summed E-state index contributed by atoms with van der Waals surface area (Å²) < 4.78 is 0. The highest BCUT2D eigenvalue weighted by Gasteiger charge is 2.14. The van der Waals surface area contributed by atoms with Gasteiger partial charge >= 0.3 is 23.9 Å². The normalized spacial score (nSPS) is 13.4. The van der Waals surface area contributed by atoms with Crippen LogP contribution in [0, 0.1) is 5.92 Å². The highest BCUT2D eigenvalue weighted by molar-refractivity contribution is 7.80. The number of carboxylic acids is 4. The van der Waals surface area contributed by atoms with Crippen LogP contribution >= 0.6 is 25.3 Å². The maximum absolute atomic E-state index is 10.1. The molecular formula is C17H39N5O8S2. The molecule has 32 heavy (non-hydrogen) atoms. The monoisotopic (exact) mass is 505 g/mol. The summed E-state index contributed by atoms with van der Waals surface area (Å²) in [5.41, 5.74) is 25.5. The zero-order valence-corrected chi connectivity index (χ0v) is 20.1. The number of nitrogens with two attached hydrogens (primary N) is 5. The topological polar surface area (TPSA) is 279 Å². The van der Waals surface area contributed by atoms with E-state index >= 15 is 0 Å². The average molecular weight is 506 g/mol. The first-order chi connectivity index (χ1) is 14.6. The van der Waals surface area contributed by atoms with Crippen molar-refractivity contribution < 1.29 is 39.6 Å². The predicted octanol–water partition coefficient (Wildman–Crippen LogP) is -1.76. The van der Waals surface area contributed by atoms with Crippen LogP contribution < -0.4 is 28.7 Å². The van der Waals surface area contributed by atoms with Gasteiger partial charge in [0.2, 0.25) is 0 Å². The lowest BCUT2D eigenvalue weighted by Gasteiger charge is -2.07. The Kier molecular flexibility index (Phi) is 28.3. The average Bonchev–Trinajstić information content (AvgIpc) is 2.72. The molecule has 0 fully saturated rings. The number of thiol groups is 2. The van der Waals surface area contributed by atoms with Crippen LogP contribution in [0.25, 0.3) is 0 Å². The summed E-state index contributed by atoms with van der Waals surface area (Å²) in [5.74, 6) is -3.47. The Bertz CT molecular complexity index is 509. The molecule has 0 aromatic heterocycles. The van der Waals surface area contributed by atoms with E-state index in [1.165, 1.54) is 0 Å². The number of hydrogen-bond acceptors (Lipinski definition) is 11. The molecule has 0 bridgehead atoms. The van der Waals surface area contributed by atoms with E-state index in [9.17, 15) is 19.2 Å². The summed E-state index contributed by atoms with van der Waals surface area (Å²) in [5, 5.41) is 32.6. The van der Waals surface area contributed by atoms with E-state index in [0.29, 0.717) is 13.0 Å². The molecule has 15 heteroatoms. The van der Waals surface area contributed by atoms with Gasteiger partial charge in [-0.3, -0.25) is 19.2 Å². The number of rotatable bonds is 11. The third kappa shape index (κ3) is 28.4. The van der Waals surface area contributed by atoms with Gasteiger partial charge in [-0.2, -0.15) is 25.3 Å². The Hall–Kier alpha value is -1.62. The minimum Gasteiger partial charge on any atom is -0.480 e. The lowest BCUT2D eigenvalue weighted by molar-refractivity contribution is -0.140. The van der Waals surface area contributed by atoms with E-state index in [1.54, 1.807) is 13.8 Å². The Labute approximate surface area is 198 Å². The third-order valence-corrected chi connectivity index (χ3v) is 4.10. The Morgan fingerprint density at radius 2 is 1.03 bits per heavy atom. The molecule has 0 spiro atoms. The minimum absolute atomic E-state index is 0.0208. The third-order valence-electron chi connectivity index (χ3n) is 3.32. The van der Waals surface area contributed by atoms with Crippen LogP contribution in [0.4, 0.5) is 0 Å². The van der Waals surface area contributed by atoms with E-state index < -0.39 is 48.0 Å². The lowest BCUT2D eigenvalue weighted by atomic mass is 10.1. The maximum atomic E-state index is 10.1. The molecule has 4 unspecified atom stereocenters. The van der Waals surface area contributed by atoms with E-state index in [1.807, 2.05) is 0 Å². The van der Waals surface area contributed by atoms with Gasteiger partial charge in [-0.25, -0.2) is 0 Å².